The second kappa shape index (κ2) is 6.97. The highest BCUT2D eigenvalue weighted by Crippen LogP contribution is 2.41. The molecule has 3 rings (SSSR count). The number of rotatable bonds is 6. The molecule has 2 N–H and O–H groups in total. The molecule has 0 radical (unpaired) electrons. The zero-order valence-corrected chi connectivity index (χ0v) is 14.2. The van der Waals surface area contributed by atoms with E-state index in [1.54, 1.807) is 0 Å². The molecule has 2 heterocycles. The van der Waals surface area contributed by atoms with Gasteiger partial charge in [0.25, 0.3) is 0 Å². The van der Waals surface area contributed by atoms with Crippen LogP contribution in [-0.2, 0) is 25.6 Å². The lowest BCUT2D eigenvalue weighted by Crippen LogP contribution is -2.40. The van der Waals surface area contributed by atoms with Crippen LogP contribution >= 0.6 is 0 Å². The summed E-state index contributed by atoms with van der Waals surface area (Å²) in [5.74, 6) is 0.556. The van der Waals surface area contributed by atoms with E-state index in [0.717, 1.165) is 11.3 Å². The minimum atomic E-state index is -0.737. The van der Waals surface area contributed by atoms with Crippen molar-refractivity contribution in [1.82, 2.24) is 0 Å². The smallest absolute Gasteiger partial charge is 0.245 e. The lowest BCUT2D eigenvalue weighted by atomic mass is 9.94. The molecular formula is C19H25NO4. The average Bonchev–Trinajstić information content (AvgIpc) is 2.88. The Kier molecular flexibility index (Phi) is 4.94. The van der Waals surface area contributed by atoms with Gasteiger partial charge in [0.1, 0.15) is 0 Å². The van der Waals surface area contributed by atoms with E-state index in [0.29, 0.717) is 25.4 Å². The monoisotopic (exact) mass is 331 g/mol. The van der Waals surface area contributed by atoms with Gasteiger partial charge in [-0.05, 0) is 12.0 Å². The molecular weight excluding hydrogens is 306 g/mol. The van der Waals surface area contributed by atoms with Crippen LogP contribution in [0.1, 0.15) is 25.8 Å². The van der Waals surface area contributed by atoms with Gasteiger partial charge in [0.05, 0.1) is 19.1 Å². The van der Waals surface area contributed by atoms with Crippen LogP contribution in [0.15, 0.2) is 54.5 Å². The first kappa shape index (κ1) is 17.0. The number of nitrogens with two attached hydrogens (primary N) is 1. The predicted octanol–water partition coefficient (Wildman–Crippen LogP) is 3.07. The summed E-state index contributed by atoms with van der Waals surface area (Å²) in [7, 11) is 0. The highest BCUT2D eigenvalue weighted by molar-refractivity contribution is 5.19. The standard InChI is InChI=1S/C19H25NO4/c1-4-8-15(20)14-12-22-18(17-16(14)23-19(2,3)24-17)21-11-13-9-6-5-7-10-13/h4-7,9-10,14-15,18H,1,8,11-12,20H2,2-3H3/t14-,15?,18+/m0/s1. The molecule has 3 atom stereocenters. The minimum Gasteiger partial charge on any atom is -0.453 e. The molecule has 5 heteroatoms. The Morgan fingerprint density at radius 1 is 1.29 bits per heavy atom. The molecule has 2 aliphatic heterocycles. The molecule has 1 aromatic rings. The topological polar surface area (TPSA) is 62.9 Å². The quantitative estimate of drug-likeness (QED) is 0.812. The van der Waals surface area contributed by atoms with Crippen LogP contribution in [0.25, 0.3) is 0 Å². The third-order valence-electron chi connectivity index (χ3n) is 4.13. The van der Waals surface area contributed by atoms with Gasteiger partial charge < -0.3 is 24.7 Å². The van der Waals surface area contributed by atoms with E-state index in [9.17, 15) is 0 Å². The maximum Gasteiger partial charge on any atom is 0.245 e. The number of hydrogen-bond acceptors (Lipinski definition) is 5. The lowest BCUT2D eigenvalue weighted by molar-refractivity contribution is -0.177. The zero-order valence-electron chi connectivity index (χ0n) is 14.2. The normalized spacial score (nSPS) is 26.3. The maximum absolute atomic E-state index is 6.25. The van der Waals surface area contributed by atoms with Crippen molar-refractivity contribution >= 4 is 0 Å². The average molecular weight is 331 g/mol. The third-order valence-corrected chi connectivity index (χ3v) is 4.13. The molecule has 0 spiro atoms. The molecule has 2 aliphatic rings. The van der Waals surface area contributed by atoms with Gasteiger partial charge in [-0.15, -0.1) is 6.58 Å². The van der Waals surface area contributed by atoms with Crippen molar-refractivity contribution in [2.24, 2.45) is 11.7 Å². The molecule has 5 nitrogen and oxygen atoms in total. The van der Waals surface area contributed by atoms with E-state index < -0.39 is 12.1 Å². The highest BCUT2D eigenvalue weighted by Gasteiger charge is 2.46. The zero-order chi connectivity index (χ0) is 17.2. The fraction of sp³-hybridized carbons (Fsp3) is 0.474. The fourth-order valence-corrected chi connectivity index (χ4v) is 2.96. The third kappa shape index (κ3) is 3.64. The molecule has 0 fully saturated rings. The first-order valence-corrected chi connectivity index (χ1v) is 8.26. The molecule has 24 heavy (non-hydrogen) atoms. The highest BCUT2D eigenvalue weighted by atomic mass is 16.8. The summed E-state index contributed by atoms with van der Waals surface area (Å²) in [4.78, 5) is 0. The summed E-state index contributed by atoms with van der Waals surface area (Å²) < 4.78 is 23.7. The largest absolute Gasteiger partial charge is 0.453 e. The van der Waals surface area contributed by atoms with E-state index in [1.165, 1.54) is 0 Å². The summed E-state index contributed by atoms with van der Waals surface area (Å²) >= 11 is 0. The Morgan fingerprint density at radius 3 is 2.71 bits per heavy atom. The van der Waals surface area contributed by atoms with Crippen LogP contribution in [0, 0.1) is 5.92 Å². The maximum atomic E-state index is 6.25. The van der Waals surface area contributed by atoms with Gasteiger partial charge in [-0.25, -0.2) is 0 Å². The SMILES string of the molecule is C=CCC(N)[C@@H]1CO[C@@H](OCc2ccccc2)C2=C1OC(C)(C)O2. The van der Waals surface area contributed by atoms with Crippen molar-refractivity contribution in [3.8, 4) is 0 Å². The van der Waals surface area contributed by atoms with Crippen LogP contribution in [0.4, 0.5) is 0 Å². The second-order valence-corrected chi connectivity index (χ2v) is 6.59. The molecule has 0 saturated heterocycles. The summed E-state index contributed by atoms with van der Waals surface area (Å²) in [5, 5.41) is 0. The first-order valence-electron chi connectivity index (χ1n) is 8.26. The van der Waals surface area contributed by atoms with Crippen molar-refractivity contribution in [2.45, 2.75) is 45.0 Å². The van der Waals surface area contributed by atoms with Crippen molar-refractivity contribution in [2.75, 3.05) is 6.61 Å². The second-order valence-electron chi connectivity index (χ2n) is 6.59. The lowest BCUT2D eigenvalue weighted by Gasteiger charge is -2.30. The molecule has 0 aromatic heterocycles. The minimum absolute atomic E-state index is 0.0589. The van der Waals surface area contributed by atoms with E-state index >= 15 is 0 Å². The van der Waals surface area contributed by atoms with Gasteiger partial charge in [0, 0.05) is 19.9 Å². The van der Waals surface area contributed by atoms with E-state index in [-0.39, 0.29) is 12.0 Å². The molecule has 1 unspecified atom stereocenters. The Morgan fingerprint density at radius 2 is 2.00 bits per heavy atom. The van der Waals surface area contributed by atoms with Crippen LogP contribution in [0.3, 0.4) is 0 Å². The number of ether oxygens (including phenoxy) is 4. The van der Waals surface area contributed by atoms with Crippen LogP contribution in [0.5, 0.6) is 0 Å². The Balaban J connectivity index is 1.75. The van der Waals surface area contributed by atoms with Gasteiger partial charge in [-0.1, -0.05) is 36.4 Å². The molecule has 0 saturated carbocycles. The van der Waals surface area contributed by atoms with Crippen molar-refractivity contribution < 1.29 is 18.9 Å². The van der Waals surface area contributed by atoms with Crippen molar-refractivity contribution in [3.05, 3.63) is 60.1 Å². The first-order chi connectivity index (χ1) is 11.5. The van der Waals surface area contributed by atoms with Crippen molar-refractivity contribution in [3.63, 3.8) is 0 Å². The van der Waals surface area contributed by atoms with Gasteiger partial charge in [-0.2, -0.15) is 0 Å². The predicted molar refractivity (Wildman–Crippen MR) is 90.5 cm³/mol. The molecule has 0 amide bonds. The van der Waals surface area contributed by atoms with Crippen molar-refractivity contribution in [1.29, 1.82) is 0 Å². The Bertz CT molecular complexity index is 611. The molecule has 1 aromatic carbocycles. The Labute approximate surface area is 143 Å². The van der Waals surface area contributed by atoms with E-state index in [4.69, 9.17) is 24.7 Å². The summed E-state index contributed by atoms with van der Waals surface area (Å²) in [5.41, 5.74) is 7.33. The number of benzene rings is 1. The summed E-state index contributed by atoms with van der Waals surface area (Å²) in [6, 6.07) is 9.83. The molecule has 130 valence electrons. The van der Waals surface area contributed by atoms with Gasteiger partial charge in [-0.3, -0.25) is 0 Å². The molecule has 0 aliphatic carbocycles. The Hall–Kier alpha value is -1.82. The summed E-state index contributed by atoms with van der Waals surface area (Å²) in [6.07, 6.45) is 1.92. The fourth-order valence-electron chi connectivity index (χ4n) is 2.96. The van der Waals surface area contributed by atoms with Crippen LogP contribution < -0.4 is 5.73 Å². The van der Waals surface area contributed by atoms with Gasteiger partial charge in [0.2, 0.25) is 12.1 Å². The van der Waals surface area contributed by atoms with E-state index in [2.05, 4.69) is 6.58 Å². The molecule has 0 bridgehead atoms. The van der Waals surface area contributed by atoms with Crippen LogP contribution in [0.2, 0.25) is 0 Å². The van der Waals surface area contributed by atoms with Crippen LogP contribution in [-0.4, -0.2) is 24.7 Å². The summed E-state index contributed by atoms with van der Waals surface area (Å²) in [6.45, 7) is 8.37. The number of hydrogen-bond donors (Lipinski definition) is 1. The van der Waals surface area contributed by atoms with E-state index in [1.807, 2.05) is 50.3 Å². The van der Waals surface area contributed by atoms with Gasteiger partial charge >= 0.3 is 0 Å². The van der Waals surface area contributed by atoms with Gasteiger partial charge in [0.15, 0.2) is 11.5 Å².